The molecule has 2 amide bonds. The summed E-state index contributed by atoms with van der Waals surface area (Å²) in [6, 6.07) is 7.11. The Morgan fingerprint density at radius 2 is 2.05 bits per heavy atom. The van der Waals surface area contributed by atoms with Crippen LogP contribution in [0.4, 0.5) is 11.4 Å². The summed E-state index contributed by atoms with van der Waals surface area (Å²) in [6.45, 7) is 2.02. The molecule has 7 heteroatoms. The molecule has 1 aromatic carbocycles. The number of carbonyl (C=O) groups excluding carboxylic acids is 2. The van der Waals surface area contributed by atoms with Crippen LogP contribution in [0, 0.1) is 11.8 Å². The minimum atomic E-state index is -3.12. The highest BCUT2D eigenvalue weighted by atomic mass is 32.2. The van der Waals surface area contributed by atoms with Gasteiger partial charge in [0.25, 0.3) is 0 Å². The van der Waals surface area contributed by atoms with Crippen LogP contribution >= 0.6 is 0 Å². The lowest BCUT2D eigenvalue weighted by Crippen LogP contribution is -2.40. The van der Waals surface area contributed by atoms with Gasteiger partial charge in [0.2, 0.25) is 11.8 Å². The topological polar surface area (TPSA) is 83.6 Å². The van der Waals surface area contributed by atoms with Crippen LogP contribution in [-0.2, 0) is 19.4 Å². The number of benzene rings is 1. The molecule has 0 aromatic heterocycles. The SMILES string of the molecule is C[C@H]1CN(C(=O)[C@@H]2CCS(=O)(=O)C2)c2ccccc2NC1=O. The molecule has 6 nitrogen and oxygen atoms in total. The maximum absolute atomic E-state index is 12.8. The van der Waals surface area contributed by atoms with Crippen molar-refractivity contribution in [1.29, 1.82) is 0 Å². The minimum absolute atomic E-state index is 0.0611. The Morgan fingerprint density at radius 3 is 2.73 bits per heavy atom. The molecule has 2 heterocycles. The van der Waals surface area contributed by atoms with Gasteiger partial charge in [-0.3, -0.25) is 9.59 Å². The quantitative estimate of drug-likeness (QED) is 0.837. The fraction of sp³-hybridized carbons (Fsp3) is 0.467. The molecule has 1 N–H and O–H groups in total. The second kappa shape index (κ2) is 5.39. The number of fused-ring (bicyclic) bond motifs is 1. The molecule has 1 aromatic rings. The Hall–Kier alpha value is -1.89. The van der Waals surface area contributed by atoms with Crippen LogP contribution in [0.3, 0.4) is 0 Å². The van der Waals surface area contributed by atoms with E-state index in [0.717, 1.165) is 0 Å². The third kappa shape index (κ3) is 2.72. The first-order chi connectivity index (χ1) is 10.4. The average molecular weight is 322 g/mol. The zero-order chi connectivity index (χ0) is 15.9. The molecule has 2 atom stereocenters. The highest BCUT2D eigenvalue weighted by Gasteiger charge is 2.38. The summed E-state index contributed by atoms with van der Waals surface area (Å²) in [4.78, 5) is 26.4. The highest BCUT2D eigenvalue weighted by molar-refractivity contribution is 7.91. The first-order valence-electron chi connectivity index (χ1n) is 7.29. The van der Waals surface area contributed by atoms with E-state index in [2.05, 4.69) is 5.32 Å². The molecule has 22 heavy (non-hydrogen) atoms. The first-order valence-corrected chi connectivity index (χ1v) is 9.11. The van der Waals surface area contributed by atoms with E-state index in [1.165, 1.54) is 0 Å². The third-order valence-corrected chi connectivity index (χ3v) is 5.97. The van der Waals surface area contributed by atoms with Crippen molar-refractivity contribution in [3.05, 3.63) is 24.3 Å². The second-order valence-corrected chi connectivity index (χ2v) is 8.18. The minimum Gasteiger partial charge on any atom is -0.324 e. The van der Waals surface area contributed by atoms with Gasteiger partial charge in [0, 0.05) is 6.54 Å². The van der Waals surface area contributed by atoms with Gasteiger partial charge in [-0.15, -0.1) is 0 Å². The van der Waals surface area contributed by atoms with Crippen molar-refractivity contribution < 1.29 is 18.0 Å². The number of amides is 2. The van der Waals surface area contributed by atoms with Gasteiger partial charge in [-0.1, -0.05) is 19.1 Å². The smallest absolute Gasteiger partial charge is 0.231 e. The Balaban J connectivity index is 1.95. The molecule has 0 unspecified atom stereocenters. The average Bonchev–Trinajstić information content (AvgIpc) is 2.78. The largest absolute Gasteiger partial charge is 0.324 e. The van der Waals surface area contributed by atoms with Gasteiger partial charge < -0.3 is 10.2 Å². The highest BCUT2D eigenvalue weighted by Crippen LogP contribution is 2.32. The summed E-state index contributed by atoms with van der Waals surface area (Å²) >= 11 is 0. The molecule has 0 bridgehead atoms. The van der Waals surface area contributed by atoms with Crippen LogP contribution in [0.2, 0.25) is 0 Å². The van der Waals surface area contributed by atoms with Crippen molar-refractivity contribution in [1.82, 2.24) is 0 Å². The molecule has 0 spiro atoms. The predicted molar refractivity (Wildman–Crippen MR) is 83.3 cm³/mol. The van der Waals surface area contributed by atoms with Crippen LogP contribution in [0.5, 0.6) is 0 Å². The molecule has 3 rings (SSSR count). The van der Waals surface area contributed by atoms with Crippen LogP contribution in [0.1, 0.15) is 13.3 Å². The number of hydrogen-bond donors (Lipinski definition) is 1. The molecule has 0 saturated carbocycles. The fourth-order valence-electron chi connectivity index (χ4n) is 2.94. The Kier molecular flexibility index (Phi) is 3.68. The van der Waals surface area contributed by atoms with Gasteiger partial charge in [0.15, 0.2) is 9.84 Å². The number of anilines is 2. The summed E-state index contributed by atoms with van der Waals surface area (Å²) in [6.07, 6.45) is 0.357. The summed E-state index contributed by atoms with van der Waals surface area (Å²) in [5.41, 5.74) is 1.22. The Labute approximate surface area is 129 Å². The molecule has 2 aliphatic rings. The van der Waals surface area contributed by atoms with Crippen LogP contribution in [0.25, 0.3) is 0 Å². The molecule has 2 aliphatic heterocycles. The van der Waals surface area contributed by atoms with E-state index in [1.807, 2.05) is 0 Å². The number of nitrogens with one attached hydrogen (secondary N) is 1. The molecule has 0 aliphatic carbocycles. The lowest BCUT2D eigenvalue weighted by Gasteiger charge is -2.26. The fourth-order valence-corrected chi connectivity index (χ4v) is 4.68. The first kappa shape index (κ1) is 15.0. The molecule has 1 saturated heterocycles. The Morgan fingerprint density at radius 1 is 1.32 bits per heavy atom. The number of para-hydroxylation sites is 2. The van der Waals surface area contributed by atoms with Crippen molar-refractivity contribution in [2.24, 2.45) is 11.8 Å². The van der Waals surface area contributed by atoms with Crippen LogP contribution in [0.15, 0.2) is 24.3 Å². The van der Waals surface area contributed by atoms with E-state index in [0.29, 0.717) is 17.8 Å². The number of rotatable bonds is 1. The van der Waals surface area contributed by atoms with Crippen LogP contribution < -0.4 is 10.2 Å². The zero-order valence-electron chi connectivity index (χ0n) is 12.3. The number of carbonyl (C=O) groups is 2. The van der Waals surface area contributed by atoms with Crippen molar-refractivity contribution in [3.8, 4) is 0 Å². The van der Waals surface area contributed by atoms with Crippen molar-refractivity contribution in [2.45, 2.75) is 13.3 Å². The summed E-state index contributed by atoms with van der Waals surface area (Å²) in [7, 11) is -3.12. The van der Waals surface area contributed by atoms with Gasteiger partial charge in [0.1, 0.15) is 0 Å². The van der Waals surface area contributed by atoms with Crippen LogP contribution in [-0.4, -0.2) is 38.3 Å². The lowest BCUT2D eigenvalue weighted by molar-refractivity contribution is -0.122. The number of sulfone groups is 1. The molecule has 1 fully saturated rings. The number of nitrogens with zero attached hydrogens (tertiary/aromatic N) is 1. The maximum atomic E-state index is 12.8. The lowest BCUT2D eigenvalue weighted by atomic mass is 10.1. The van der Waals surface area contributed by atoms with E-state index in [9.17, 15) is 18.0 Å². The monoisotopic (exact) mass is 322 g/mol. The second-order valence-electron chi connectivity index (χ2n) is 5.96. The van der Waals surface area contributed by atoms with Crippen molar-refractivity contribution in [3.63, 3.8) is 0 Å². The normalized spacial score (nSPS) is 27.0. The van der Waals surface area contributed by atoms with E-state index in [1.54, 1.807) is 36.1 Å². The summed E-state index contributed by atoms with van der Waals surface area (Å²) in [5, 5.41) is 2.81. The van der Waals surface area contributed by atoms with Gasteiger partial charge in [-0.05, 0) is 18.6 Å². The third-order valence-electron chi connectivity index (χ3n) is 4.20. The van der Waals surface area contributed by atoms with E-state index in [4.69, 9.17) is 0 Å². The van der Waals surface area contributed by atoms with Gasteiger partial charge in [-0.2, -0.15) is 0 Å². The van der Waals surface area contributed by atoms with E-state index >= 15 is 0 Å². The molecule has 118 valence electrons. The van der Waals surface area contributed by atoms with Gasteiger partial charge in [-0.25, -0.2) is 8.42 Å². The Bertz CT molecular complexity index is 729. The zero-order valence-corrected chi connectivity index (χ0v) is 13.1. The maximum Gasteiger partial charge on any atom is 0.231 e. The summed E-state index contributed by atoms with van der Waals surface area (Å²) < 4.78 is 23.2. The molecule has 0 radical (unpaired) electrons. The van der Waals surface area contributed by atoms with Gasteiger partial charge in [0.05, 0.1) is 34.7 Å². The molecular weight excluding hydrogens is 304 g/mol. The van der Waals surface area contributed by atoms with Crippen molar-refractivity contribution in [2.75, 3.05) is 28.3 Å². The van der Waals surface area contributed by atoms with Gasteiger partial charge >= 0.3 is 0 Å². The van der Waals surface area contributed by atoms with Crippen molar-refractivity contribution >= 4 is 33.0 Å². The predicted octanol–water partition coefficient (Wildman–Crippen LogP) is 1.04. The van der Waals surface area contributed by atoms with E-state index in [-0.39, 0.29) is 35.8 Å². The van der Waals surface area contributed by atoms with E-state index < -0.39 is 15.8 Å². The summed E-state index contributed by atoms with van der Waals surface area (Å²) in [5.74, 6) is -1.25. The standard InChI is InChI=1S/C15H18N2O4S/c1-10-8-17(15(19)11-6-7-22(20,21)9-11)13-5-3-2-4-12(13)16-14(10)18/h2-5,10-11H,6-9H2,1H3,(H,16,18)/t10-,11+/m0/s1. The number of hydrogen-bond acceptors (Lipinski definition) is 4. The molecular formula is C15H18N2O4S.